The topological polar surface area (TPSA) is 62.5 Å². The number of halogens is 2. The van der Waals surface area contributed by atoms with Gasteiger partial charge in [-0.05, 0) is 24.3 Å². The van der Waals surface area contributed by atoms with Gasteiger partial charge in [0.1, 0.15) is 12.0 Å². The third-order valence-electron chi connectivity index (χ3n) is 2.29. The molecule has 0 atom stereocenters. The van der Waals surface area contributed by atoms with Crippen molar-refractivity contribution in [1.29, 1.82) is 0 Å². The number of aromatic carboxylic acids is 1. The van der Waals surface area contributed by atoms with E-state index in [9.17, 15) is 4.79 Å². The highest BCUT2D eigenvalue weighted by atomic mass is 35.5. The third kappa shape index (κ3) is 2.97. The van der Waals surface area contributed by atoms with Gasteiger partial charge in [0, 0.05) is 5.69 Å². The van der Waals surface area contributed by atoms with Gasteiger partial charge in [0.15, 0.2) is 0 Å². The molecule has 0 amide bonds. The molecule has 0 fully saturated rings. The van der Waals surface area contributed by atoms with E-state index in [0.29, 0.717) is 22.4 Å². The molecule has 0 spiro atoms. The van der Waals surface area contributed by atoms with Gasteiger partial charge in [-0.2, -0.15) is 0 Å². The van der Waals surface area contributed by atoms with Crippen LogP contribution in [0, 0.1) is 0 Å². The molecule has 1 aromatic heterocycles. The molecule has 6 heteroatoms. The summed E-state index contributed by atoms with van der Waals surface area (Å²) in [5.74, 6) is -0.488. The minimum Gasteiger partial charge on any atom is -0.478 e. The largest absolute Gasteiger partial charge is 0.478 e. The first kappa shape index (κ1) is 12.8. The van der Waals surface area contributed by atoms with Gasteiger partial charge in [-0.15, -0.1) is 0 Å². The van der Waals surface area contributed by atoms with Crippen molar-refractivity contribution in [3.63, 3.8) is 0 Å². The van der Waals surface area contributed by atoms with E-state index in [4.69, 9.17) is 32.7 Å². The quantitative estimate of drug-likeness (QED) is 0.894. The van der Waals surface area contributed by atoms with E-state index < -0.39 is 5.97 Å². The average molecular weight is 286 g/mol. The van der Waals surface area contributed by atoms with Crippen LogP contribution in [0.4, 0.5) is 5.69 Å². The van der Waals surface area contributed by atoms with Gasteiger partial charge in [0.2, 0.25) is 0 Å². The predicted molar refractivity (Wildman–Crippen MR) is 69.5 cm³/mol. The summed E-state index contributed by atoms with van der Waals surface area (Å²) in [6, 6.07) is 6.60. The molecule has 0 aliphatic carbocycles. The molecule has 94 valence electrons. The molecule has 0 bridgehead atoms. The summed E-state index contributed by atoms with van der Waals surface area (Å²) in [4.78, 5) is 10.7. The molecule has 2 N–H and O–H groups in total. The van der Waals surface area contributed by atoms with Crippen LogP contribution in [0.3, 0.4) is 0 Å². The van der Waals surface area contributed by atoms with Crippen LogP contribution >= 0.6 is 23.2 Å². The first-order valence-electron chi connectivity index (χ1n) is 5.06. The van der Waals surface area contributed by atoms with Crippen molar-refractivity contribution in [2.75, 3.05) is 5.32 Å². The lowest BCUT2D eigenvalue weighted by Gasteiger charge is -2.05. The number of furan rings is 1. The Morgan fingerprint density at radius 3 is 2.67 bits per heavy atom. The van der Waals surface area contributed by atoms with Crippen LogP contribution in [-0.4, -0.2) is 11.1 Å². The van der Waals surface area contributed by atoms with Crippen molar-refractivity contribution in [3.8, 4) is 0 Å². The van der Waals surface area contributed by atoms with E-state index in [1.165, 1.54) is 12.3 Å². The molecule has 2 rings (SSSR count). The molecule has 0 unspecified atom stereocenters. The Balaban J connectivity index is 2.02. The first-order chi connectivity index (χ1) is 8.56. The highest BCUT2D eigenvalue weighted by Crippen LogP contribution is 2.25. The van der Waals surface area contributed by atoms with Gasteiger partial charge in [-0.1, -0.05) is 23.2 Å². The normalized spacial score (nSPS) is 10.3. The molecule has 2 aromatic rings. The Kier molecular flexibility index (Phi) is 3.79. The maximum atomic E-state index is 10.7. The van der Waals surface area contributed by atoms with Gasteiger partial charge < -0.3 is 14.8 Å². The molecule has 4 nitrogen and oxygen atoms in total. The highest BCUT2D eigenvalue weighted by molar-refractivity contribution is 6.42. The fourth-order valence-corrected chi connectivity index (χ4v) is 1.68. The Morgan fingerprint density at radius 1 is 1.28 bits per heavy atom. The van der Waals surface area contributed by atoms with Crippen molar-refractivity contribution in [2.24, 2.45) is 0 Å². The SMILES string of the molecule is O=C(O)c1coc(CNc2ccc(Cl)c(Cl)c2)c1. The summed E-state index contributed by atoms with van der Waals surface area (Å²) in [6.45, 7) is 0.366. The average Bonchev–Trinajstić information content (AvgIpc) is 2.79. The second-order valence-electron chi connectivity index (χ2n) is 3.59. The van der Waals surface area contributed by atoms with Gasteiger partial charge in [0.25, 0.3) is 0 Å². The lowest BCUT2D eigenvalue weighted by molar-refractivity contribution is 0.0696. The van der Waals surface area contributed by atoms with E-state index >= 15 is 0 Å². The number of rotatable bonds is 4. The number of carboxylic acids is 1. The van der Waals surface area contributed by atoms with E-state index in [2.05, 4.69) is 5.32 Å². The Hall–Kier alpha value is -1.65. The molecular formula is C12H9Cl2NO3. The minimum absolute atomic E-state index is 0.126. The molecular weight excluding hydrogens is 277 g/mol. The zero-order valence-electron chi connectivity index (χ0n) is 9.11. The van der Waals surface area contributed by atoms with E-state index in [1.54, 1.807) is 18.2 Å². The smallest absolute Gasteiger partial charge is 0.338 e. The van der Waals surface area contributed by atoms with Crippen LogP contribution in [0.15, 0.2) is 34.9 Å². The molecule has 0 saturated heterocycles. The van der Waals surface area contributed by atoms with Crippen LogP contribution in [-0.2, 0) is 6.54 Å². The number of carboxylic acid groups (broad SMARTS) is 1. The molecule has 0 radical (unpaired) electrons. The minimum atomic E-state index is -1.01. The van der Waals surface area contributed by atoms with Crippen molar-refractivity contribution in [1.82, 2.24) is 0 Å². The van der Waals surface area contributed by atoms with Crippen molar-refractivity contribution in [2.45, 2.75) is 6.54 Å². The lowest BCUT2D eigenvalue weighted by atomic mass is 10.3. The number of carbonyl (C=O) groups is 1. The molecule has 18 heavy (non-hydrogen) atoms. The molecule has 1 heterocycles. The summed E-state index contributed by atoms with van der Waals surface area (Å²) in [5, 5.41) is 12.7. The predicted octanol–water partition coefficient (Wildman–Crippen LogP) is 3.90. The summed E-state index contributed by atoms with van der Waals surface area (Å²) in [7, 11) is 0. The lowest BCUT2D eigenvalue weighted by Crippen LogP contribution is -1.98. The van der Waals surface area contributed by atoms with Crippen molar-refractivity contribution in [3.05, 3.63) is 51.9 Å². The van der Waals surface area contributed by atoms with Gasteiger partial charge in [-0.25, -0.2) is 4.79 Å². The first-order valence-corrected chi connectivity index (χ1v) is 5.81. The van der Waals surface area contributed by atoms with Gasteiger partial charge >= 0.3 is 5.97 Å². The summed E-state index contributed by atoms with van der Waals surface area (Å²) < 4.78 is 5.10. The second-order valence-corrected chi connectivity index (χ2v) is 4.40. The Labute approximate surface area is 113 Å². The highest BCUT2D eigenvalue weighted by Gasteiger charge is 2.08. The van der Waals surface area contributed by atoms with E-state index in [0.717, 1.165) is 5.69 Å². The van der Waals surface area contributed by atoms with Gasteiger partial charge in [-0.3, -0.25) is 0 Å². The molecule has 0 saturated carbocycles. The summed E-state index contributed by atoms with van der Waals surface area (Å²) in [5.41, 5.74) is 0.901. The van der Waals surface area contributed by atoms with Gasteiger partial charge in [0.05, 0.1) is 22.2 Å². The monoisotopic (exact) mass is 285 g/mol. The maximum absolute atomic E-state index is 10.7. The van der Waals surface area contributed by atoms with Crippen molar-refractivity contribution >= 4 is 34.9 Å². The number of anilines is 1. The van der Waals surface area contributed by atoms with E-state index in [-0.39, 0.29) is 5.56 Å². The Morgan fingerprint density at radius 2 is 2.06 bits per heavy atom. The number of hydrogen-bond acceptors (Lipinski definition) is 3. The zero-order valence-corrected chi connectivity index (χ0v) is 10.6. The molecule has 0 aliphatic heterocycles. The summed E-state index contributed by atoms with van der Waals surface area (Å²) >= 11 is 11.7. The number of benzene rings is 1. The van der Waals surface area contributed by atoms with Crippen LogP contribution in [0.5, 0.6) is 0 Å². The fraction of sp³-hybridized carbons (Fsp3) is 0.0833. The second kappa shape index (κ2) is 5.33. The fourth-order valence-electron chi connectivity index (χ4n) is 1.38. The molecule has 1 aromatic carbocycles. The zero-order chi connectivity index (χ0) is 13.1. The number of hydrogen-bond donors (Lipinski definition) is 2. The number of nitrogens with one attached hydrogen (secondary N) is 1. The van der Waals surface area contributed by atoms with E-state index in [1.807, 2.05) is 0 Å². The van der Waals surface area contributed by atoms with Crippen LogP contribution in [0.2, 0.25) is 10.0 Å². The van der Waals surface area contributed by atoms with Crippen molar-refractivity contribution < 1.29 is 14.3 Å². The Bertz CT molecular complexity index is 580. The maximum Gasteiger partial charge on any atom is 0.338 e. The van der Waals surface area contributed by atoms with Crippen LogP contribution in [0.25, 0.3) is 0 Å². The standard InChI is InChI=1S/C12H9Cl2NO3/c13-10-2-1-8(4-11(10)14)15-5-9-3-7(6-18-9)12(16)17/h1-4,6,15H,5H2,(H,16,17). The third-order valence-corrected chi connectivity index (χ3v) is 3.03. The van der Waals surface area contributed by atoms with Crippen LogP contribution < -0.4 is 5.32 Å². The van der Waals surface area contributed by atoms with Crippen LogP contribution in [0.1, 0.15) is 16.1 Å². The molecule has 0 aliphatic rings. The summed E-state index contributed by atoms with van der Waals surface area (Å²) in [6.07, 6.45) is 1.20.